The molecular weight excluding hydrogens is 280 g/mol. The second-order valence-corrected chi connectivity index (χ2v) is 5.59. The van der Waals surface area contributed by atoms with E-state index < -0.39 is 0 Å². The molecule has 3 nitrogen and oxygen atoms in total. The maximum atomic E-state index is 12.3. The Labute approximate surface area is 129 Å². The van der Waals surface area contributed by atoms with Gasteiger partial charge in [0.1, 0.15) is 0 Å². The fourth-order valence-corrected chi connectivity index (χ4v) is 2.97. The van der Waals surface area contributed by atoms with Crippen LogP contribution in [0.1, 0.15) is 33.3 Å². The molecular formula is C17H18N2OS. The highest BCUT2D eigenvalue weighted by atomic mass is 32.1. The van der Waals surface area contributed by atoms with Crippen molar-refractivity contribution in [2.75, 3.05) is 11.9 Å². The Hall–Kier alpha value is -2.09. The van der Waals surface area contributed by atoms with Crippen molar-refractivity contribution < 1.29 is 4.79 Å². The number of nitrogens with one attached hydrogen (secondary N) is 1. The summed E-state index contributed by atoms with van der Waals surface area (Å²) < 4.78 is 0. The Morgan fingerprint density at radius 3 is 2.90 bits per heavy atom. The number of hydrogen-bond acceptors (Lipinski definition) is 3. The van der Waals surface area contributed by atoms with E-state index in [2.05, 4.69) is 17.2 Å². The number of benzene rings is 1. The lowest BCUT2D eigenvalue weighted by Gasteiger charge is -2.07. The fraction of sp³-hybridized carbons (Fsp3) is 0.235. The van der Waals surface area contributed by atoms with E-state index in [1.165, 1.54) is 11.3 Å². The third-order valence-electron chi connectivity index (χ3n) is 3.00. The molecule has 1 heterocycles. The Morgan fingerprint density at radius 2 is 2.19 bits per heavy atom. The second-order valence-electron chi connectivity index (χ2n) is 4.68. The zero-order valence-electron chi connectivity index (χ0n) is 12.2. The van der Waals surface area contributed by atoms with Crippen molar-refractivity contribution in [3.05, 3.63) is 51.2 Å². The van der Waals surface area contributed by atoms with Crippen molar-refractivity contribution in [2.24, 2.45) is 5.73 Å². The number of thiophene rings is 1. The zero-order chi connectivity index (χ0) is 15.2. The van der Waals surface area contributed by atoms with Gasteiger partial charge < -0.3 is 11.1 Å². The highest BCUT2D eigenvalue weighted by Crippen LogP contribution is 2.20. The monoisotopic (exact) mass is 298 g/mol. The first-order valence-electron chi connectivity index (χ1n) is 6.82. The minimum absolute atomic E-state index is 0.0646. The molecule has 0 spiro atoms. The lowest BCUT2D eigenvalue weighted by Crippen LogP contribution is -2.12. The Kier molecular flexibility index (Phi) is 5.15. The molecule has 0 radical (unpaired) electrons. The van der Waals surface area contributed by atoms with E-state index in [9.17, 15) is 4.79 Å². The number of amides is 1. The Balaban J connectivity index is 2.23. The number of hydrogen-bond donors (Lipinski definition) is 2. The van der Waals surface area contributed by atoms with Crippen LogP contribution >= 0.6 is 11.3 Å². The summed E-state index contributed by atoms with van der Waals surface area (Å²) in [6.45, 7) is 4.35. The van der Waals surface area contributed by atoms with Gasteiger partial charge in [0.2, 0.25) is 0 Å². The van der Waals surface area contributed by atoms with E-state index in [1.807, 2.05) is 43.5 Å². The number of nitrogens with two attached hydrogens (primary N) is 1. The normalized spacial score (nSPS) is 9.86. The predicted octanol–water partition coefficient (Wildman–Crippen LogP) is 3.18. The lowest BCUT2D eigenvalue weighted by atomic mass is 10.1. The molecule has 0 saturated carbocycles. The van der Waals surface area contributed by atoms with Gasteiger partial charge in [-0.2, -0.15) is 0 Å². The largest absolute Gasteiger partial charge is 0.321 e. The number of anilines is 1. The first-order chi connectivity index (χ1) is 10.1. The topological polar surface area (TPSA) is 55.1 Å². The number of carbonyl (C=O) groups is 1. The van der Waals surface area contributed by atoms with Crippen molar-refractivity contribution in [1.29, 1.82) is 0 Å². The fourth-order valence-electron chi connectivity index (χ4n) is 2.08. The highest BCUT2D eigenvalue weighted by Gasteiger charge is 2.12. The zero-order valence-corrected chi connectivity index (χ0v) is 13.0. The Bertz CT molecular complexity index is 707. The van der Waals surface area contributed by atoms with Crippen LogP contribution in [0.15, 0.2) is 29.6 Å². The molecule has 0 aliphatic rings. The van der Waals surface area contributed by atoms with Crippen LogP contribution in [0.2, 0.25) is 0 Å². The average Bonchev–Trinajstić information content (AvgIpc) is 2.93. The van der Waals surface area contributed by atoms with Crippen LogP contribution < -0.4 is 11.1 Å². The smallest absolute Gasteiger partial charge is 0.266 e. The maximum absolute atomic E-state index is 12.3. The number of aryl methyl sites for hydroxylation is 2. The number of rotatable bonds is 3. The van der Waals surface area contributed by atoms with Crippen LogP contribution in [0.4, 0.5) is 5.69 Å². The highest BCUT2D eigenvalue weighted by molar-refractivity contribution is 7.12. The van der Waals surface area contributed by atoms with Crippen molar-refractivity contribution in [3.8, 4) is 11.8 Å². The molecule has 21 heavy (non-hydrogen) atoms. The molecule has 1 amide bonds. The van der Waals surface area contributed by atoms with Gasteiger partial charge in [-0.15, -0.1) is 11.3 Å². The summed E-state index contributed by atoms with van der Waals surface area (Å²) in [5, 5.41) is 4.90. The van der Waals surface area contributed by atoms with Gasteiger partial charge in [0.05, 0.1) is 11.4 Å². The van der Waals surface area contributed by atoms with Gasteiger partial charge in [-0.3, -0.25) is 4.79 Å². The van der Waals surface area contributed by atoms with E-state index in [1.54, 1.807) is 0 Å². The average molecular weight is 298 g/mol. The van der Waals surface area contributed by atoms with Crippen molar-refractivity contribution in [1.82, 2.24) is 0 Å². The van der Waals surface area contributed by atoms with E-state index in [4.69, 9.17) is 5.73 Å². The Morgan fingerprint density at radius 1 is 1.38 bits per heavy atom. The molecule has 0 unspecified atom stereocenters. The van der Waals surface area contributed by atoms with Gasteiger partial charge in [-0.25, -0.2) is 0 Å². The molecule has 0 aliphatic carbocycles. The molecule has 3 N–H and O–H groups in total. The molecule has 0 aliphatic heterocycles. The van der Waals surface area contributed by atoms with Crippen LogP contribution in [-0.2, 0) is 6.42 Å². The van der Waals surface area contributed by atoms with Gasteiger partial charge in [-0.1, -0.05) is 18.8 Å². The van der Waals surface area contributed by atoms with Gasteiger partial charge in [-0.05, 0) is 54.1 Å². The summed E-state index contributed by atoms with van der Waals surface area (Å²) in [6, 6.07) is 7.77. The molecule has 0 saturated heterocycles. The molecule has 1 aromatic heterocycles. The van der Waals surface area contributed by atoms with Gasteiger partial charge in [0, 0.05) is 11.3 Å². The van der Waals surface area contributed by atoms with Crippen molar-refractivity contribution in [3.63, 3.8) is 0 Å². The first-order valence-corrected chi connectivity index (χ1v) is 7.70. The minimum Gasteiger partial charge on any atom is -0.321 e. The summed E-state index contributed by atoms with van der Waals surface area (Å²) in [6.07, 6.45) is 0.854. The van der Waals surface area contributed by atoms with Gasteiger partial charge in [0.25, 0.3) is 5.91 Å². The lowest BCUT2D eigenvalue weighted by molar-refractivity contribution is 0.103. The van der Waals surface area contributed by atoms with Crippen LogP contribution in [0.3, 0.4) is 0 Å². The van der Waals surface area contributed by atoms with Crippen LogP contribution in [0, 0.1) is 18.8 Å². The third-order valence-corrected chi connectivity index (χ3v) is 3.96. The SMILES string of the molecule is CCc1ccsc1C(=O)Nc1cc(C)cc(C#CCN)c1. The van der Waals surface area contributed by atoms with E-state index in [0.717, 1.165) is 33.7 Å². The molecule has 4 heteroatoms. The van der Waals surface area contributed by atoms with E-state index in [0.29, 0.717) is 6.54 Å². The molecule has 1 aromatic carbocycles. The van der Waals surface area contributed by atoms with E-state index in [-0.39, 0.29) is 5.91 Å². The third kappa shape index (κ3) is 3.94. The second kappa shape index (κ2) is 7.07. The minimum atomic E-state index is -0.0646. The molecule has 108 valence electrons. The summed E-state index contributed by atoms with van der Waals surface area (Å²) in [4.78, 5) is 13.1. The van der Waals surface area contributed by atoms with Crippen molar-refractivity contribution in [2.45, 2.75) is 20.3 Å². The van der Waals surface area contributed by atoms with E-state index >= 15 is 0 Å². The quantitative estimate of drug-likeness (QED) is 0.855. The van der Waals surface area contributed by atoms with Gasteiger partial charge >= 0.3 is 0 Å². The molecule has 2 rings (SSSR count). The molecule has 0 atom stereocenters. The van der Waals surface area contributed by atoms with Crippen LogP contribution in [0.5, 0.6) is 0 Å². The van der Waals surface area contributed by atoms with Crippen LogP contribution in [-0.4, -0.2) is 12.5 Å². The first kappa shape index (κ1) is 15.3. The summed E-state index contributed by atoms with van der Waals surface area (Å²) in [7, 11) is 0. The summed E-state index contributed by atoms with van der Waals surface area (Å²) in [5.41, 5.74) is 9.14. The summed E-state index contributed by atoms with van der Waals surface area (Å²) in [5.74, 6) is 5.75. The maximum Gasteiger partial charge on any atom is 0.266 e. The van der Waals surface area contributed by atoms with Gasteiger partial charge in [0.15, 0.2) is 0 Å². The predicted molar refractivity (Wildman–Crippen MR) is 88.8 cm³/mol. The molecule has 2 aromatic rings. The molecule has 0 fully saturated rings. The standard InChI is InChI=1S/C17H18N2OS/c1-3-14-6-8-21-16(14)17(20)19-15-10-12(2)9-13(11-15)5-4-7-18/h6,8-11H,3,7,18H2,1-2H3,(H,19,20). The van der Waals surface area contributed by atoms with Crippen molar-refractivity contribution >= 4 is 22.9 Å². The number of carbonyl (C=O) groups excluding carboxylic acids is 1. The summed E-state index contributed by atoms with van der Waals surface area (Å²) >= 11 is 1.47. The molecule has 0 bridgehead atoms. The van der Waals surface area contributed by atoms with Crippen LogP contribution in [0.25, 0.3) is 0 Å².